The molecule has 23 heavy (non-hydrogen) atoms. The van der Waals surface area contributed by atoms with Crippen LogP contribution in [0.1, 0.15) is 17.8 Å². The average molecular weight is 313 g/mol. The minimum atomic E-state index is 0.382. The molecule has 6 nitrogen and oxygen atoms in total. The van der Waals surface area contributed by atoms with E-state index < -0.39 is 0 Å². The van der Waals surface area contributed by atoms with Crippen molar-refractivity contribution in [2.45, 2.75) is 25.8 Å². The third-order valence-electron chi connectivity index (χ3n) is 4.07. The van der Waals surface area contributed by atoms with Gasteiger partial charge in [0.15, 0.2) is 0 Å². The van der Waals surface area contributed by atoms with Gasteiger partial charge >= 0.3 is 0 Å². The van der Waals surface area contributed by atoms with Crippen molar-refractivity contribution < 1.29 is 4.74 Å². The molecule has 0 saturated carbocycles. The first-order chi connectivity index (χ1) is 11.2. The van der Waals surface area contributed by atoms with Gasteiger partial charge < -0.3 is 15.0 Å². The minimum Gasteiger partial charge on any atom is -0.481 e. The number of hydrogen-bond donors (Lipinski definition) is 1. The van der Waals surface area contributed by atoms with E-state index in [-0.39, 0.29) is 0 Å². The first-order valence-corrected chi connectivity index (χ1v) is 8.01. The van der Waals surface area contributed by atoms with Crippen LogP contribution in [0.3, 0.4) is 0 Å². The van der Waals surface area contributed by atoms with Gasteiger partial charge in [-0.25, -0.2) is 4.98 Å². The Bertz CT molecular complexity index is 648. The third-order valence-corrected chi connectivity index (χ3v) is 4.07. The van der Waals surface area contributed by atoms with Crippen LogP contribution in [0.5, 0.6) is 5.88 Å². The molecule has 2 aromatic heterocycles. The number of ether oxygens (including phenoxy) is 1. The molecule has 0 radical (unpaired) electrons. The largest absolute Gasteiger partial charge is 0.481 e. The van der Waals surface area contributed by atoms with Gasteiger partial charge in [-0.2, -0.15) is 4.98 Å². The minimum absolute atomic E-state index is 0.382. The number of pyridine rings is 1. The summed E-state index contributed by atoms with van der Waals surface area (Å²) in [5.74, 6) is 1.22. The number of aryl methyl sites for hydroxylation is 1. The number of nitrogens with one attached hydrogen (secondary N) is 1. The van der Waals surface area contributed by atoms with Crippen LogP contribution in [0.2, 0.25) is 0 Å². The summed E-state index contributed by atoms with van der Waals surface area (Å²) in [6.07, 6.45) is 3.80. The molecule has 1 fully saturated rings. The van der Waals surface area contributed by atoms with Crippen molar-refractivity contribution in [1.82, 2.24) is 19.9 Å². The first kappa shape index (κ1) is 15.7. The molecule has 1 N–H and O–H groups in total. The lowest BCUT2D eigenvalue weighted by molar-refractivity contribution is 0.339. The van der Waals surface area contributed by atoms with E-state index in [0.717, 1.165) is 43.9 Å². The van der Waals surface area contributed by atoms with Crippen LogP contribution >= 0.6 is 0 Å². The highest BCUT2D eigenvalue weighted by molar-refractivity contribution is 5.29. The quantitative estimate of drug-likeness (QED) is 0.879. The van der Waals surface area contributed by atoms with Crippen molar-refractivity contribution in [3.8, 4) is 5.88 Å². The van der Waals surface area contributed by atoms with E-state index in [1.165, 1.54) is 0 Å². The highest BCUT2D eigenvalue weighted by atomic mass is 16.5. The van der Waals surface area contributed by atoms with Crippen molar-refractivity contribution >= 4 is 5.95 Å². The van der Waals surface area contributed by atoms with Crippen LogP contribution in [0.4, 0.5) is 5.95 Å². The molecule has 0 bridgehead atoms. The van der Waals surface area contributed by atoms with Gasteiger partial charge in [-0.1, -0.05) is 6.07 Å². The predicted octanol–water partition coefficient (Wildman–Crippen LogP) is 1.92. The number of likely N-dealkylation sites (tertiary alicyclic amines) is 1. The fourth-order valence-electron chi connectivity index (χ4n) is 2.87. The van der Waals surface area contributed by atoms with Gasteiger partial charge in [-0.3, -0.25) is 4.98 Å². The van der Waals surface area contributed by atoms with E-state index in [4.69, 9.17) is 4.74 Å². The third kappa shape index (κ3) is 4.39. The summed E-state index contributed by atoms with van der Waals surface area (Å²) >= 11 is 0. The number of nitrogens with zero attached hydrogens (tertiary/aromatic N) is 4. The number of methoxy groups -OCH3 is 1. The Hall–Kier alpha value is -2.21. The van der Waals surface area contributed by atoms with E-state index in [1.54, 1.807) is 19.4 Å². The lowest BCUT2D eigenvalue weighted by atomic mass is 10.2. The van der Waals surface area contributed by atoms with Gasteiger partial charge in [0.1, 0.15) is 0 Å². The summed E-state index contributed by atoms with van der Waals surface area (Å²) in [7, 11) is 1.61. The van der Waals surface area contributed by atoms with Crippen LogP contribution in [-0.2, 0) is 6.42 Å². The van der Waals surface area contributed by atoms with Crippen LogP contribution in [0.15, 0.2) is 30.5 Å². The van der Waals surface area contributed by atoms with E-state index >= 15 is 0 Å². The van der Waals surface area contributed by atoms with Gasteiger partial charge in [0, 0.05) is 55.7 Å². The smallest absolute Gasteiger partial charge is 0.226 e. The molecule has 122 valence electrons. The summed E-state index contributed by atoms with van der Waals surface area (Å²) in [6, 6.07) is 8.34. The lowest BCUT2D eigenvalue weighted by Gasteiger charge is -2.16. The Balaban J connectivity index is 1.48. The summed E-state index contributed by atoms with van der Waals surface area (Å²) in [4.78, 5) is 15.6. The van der Waals surface area contributed by atoms with Gasteiger partial charge in [-0.15, -0.1) is 0 Å². The molecule has 1 aliphatic heterocycles. The Kier molecular flexibility index (Phi) is 5.02. The first-order valence-electron chi connectivity index (χ1n) is 8.01. The maximum Gasteiger partial charge on any atom is 0.226 e. The molecule has 1 saturated heterocycles. The molecule has 6 heteroatoms. The normalized spacial score (nSPS) is 18.1. The van der Waals surface area contributed by atoms with Crippen LogP contribution in [-0.4, -0.2) is 52.6 Å². The zero-order chi connectivity index (χ0) is 16.1. The van der Waals surface area contributed by atoms with Crippen molar-refractivity contribution in [3.05, 3.63) is 41.9 Å². The Morgan fingerprint density at radius 3 is 3.04 bits per heavy atom. The molecule has 3 heterocycles. The van der Waals surface area contributed by atoms with Gasteiger partial charge in [0.25, 0.3) is 0 Å². The molecule has 1 unspecified atom stereocenters. The summed E-state index contributed by atoms with van der Waals surface area (Å²) in [6.45, 7) is 5.17. The van der Waals surface area contributed by atoms with Gasteiger partial charge in [0.2, 0.25) is 11.8 Å². The fraction of sp³-hybridized carbons (Fsp3) is 0.471. The van der Waals surface area contributed by atoms with Gasteiger partial charge in [-0.05, 0) is 25.5 Å². The van der Waals surface area contributed by atoms with Crippen molar-refractivity contribution in [2.24, 2.45) is 0 Å². The fourth-order valence-corrected chi connectivity index (χ4v) is 2.87. The number of rotatable bonds is 6. The lowest BCUT2D eigenvalue weighted by Crippen LogP contribution is -2.28. The Morgan fingerprint density at radius 2 is 2.22 bits per heavy atom. The van der Waals surface area contributed by atoms with Crippen molar-refractivity contribution in [3.63, 3.8) is 0 Å². The summed E-state index contributed by atoms with van der Waals surface area (Å²) in [5.41, 5.74) is 2.25. The zero-order valence-corrected chi connectivity index (χ0v) is 13.7. The van der Waals surface area contributed by atoms with Crippen molar-refractivity contribution in [1.29, 1.82) is 0 Å². The number of hydrogen-bond acceptors (Lipinski definition) is 6. The highest BCUT2D eigenvalue weighted by Crippen LogP contribution is 2.15. The van der Waals surface area contributed by atoms with E-state index in [9.17, 15) is 0 Å². The molecular weight excluding hydrogens is 290 g/mol. The standard InChI is InChI=1S/C17H23N5O/c1-13-4-3-5-14(19-13)7-10-22-11-8-15(12-22)20-17-18-9-6-16(21-17)23-2/h3-6,9,15H,7-8,10-12H2,1-2H3,(H,18,20,21). The Labute approximate surface area is 136 Å². The zero-order valence-electron chi connectivity index (χ0n) is 13.7. The van der Waals surface area contributed by atoms with E-state index in [2.05, 4.69) is 37.3 Å². The molecular formula is C17H23N5O. The van der Waals surface area contributed by atoms with Gasteiger partial charge in [0.05, 0.1) is 7.11 Å². The number of anilines is 1. The van der Waals surface area contributed by atoms with Crippen molar-refractivity contribution in [2.75, 3.05) is 32.1 Å². The molecule has 2 aromatic rings. The second-order valence-electron chi connectivity index (χ2n) is 5.87. The van der Waals surface area contributed by atoms with Crippen LogP contribution in [0, 0.1) is 6.92 Å². The van der Waals surface area contributed by atoms with E-state index in [0.29, 0.717) is 17.9 Å². The monoisotopic (exact) mass is 313 g/mol. The Morgan fingerprint density at radius 1 is 1.30 bits per heavy atom. The number of aromatic nitrogens is 3. The second-order valence-corrected chi connectivity index (χ2v) is 5.87. The topological polar surface area (TPSA) is 63.2 Å². The molecule has 0 aromatic carbocycles. The van der Waals surface area contributed by atoms with E-state index in [1.807, 2.05) is 13.0 Å². The van der Waals surface area contributed by atoms with Crippen LogP contribution in [0.25, 0.3) is 0 Å². The molecule has 0 aliphatic carbocycles. The molecule has 0 spiro atoms. The highest BCUT2D eigenvalue weighted by Gasteiger charge is 2.22. The molecule has 1 atom stereocenters. The molecule has 3 rings (SSSR count). The SMILES string of the molecule is COc1ccnc(NC2CCN(CCc3cccc(C)n3)C2)n1. The van der Waals surface area contributed by atoms with Crippen LogP contribution < -0.4 is 10.1 Å². The maximum atomic E-state index is 5.13. The molecule has 0 amide bonds. The summed E-state index contributed by atoms with van der Waals surface area (Å²) < 4.78 is 5.13. The molecule has 1 aliphatic rings. The summed E-state index contributed by atoms with van der Waals surface area (Å²) in [5, 5.41) is 3.39. The predicted molar refractivity (Wildman–Crippen MR) is 89.7 cm³/mol. The average Bonchev–Trinajstić information content (AvgIpc) is 3.01. The maximum absolute atomic E-state index is 5.13. The second kappa shape index (κ2) is 7.37.